The van der Waals surface area contributed by atoms with Crippen LogP contribution in [0.25, 0.3) is 0 Å². The Morgan fingerprint density at radius 1 is 1.44 bits per heavy atom. The summed E-state index contributed by atoms with van der Waals surface area (Å²) in [6.45, 7) is 0.812. The summed E-state index contributed by atoms with van der Waals surface area (Å²) < 4.78 is 10.8. The van der Waals surface area contributed by atoms with Crippen LogP contribution in [0.1, 0.15) is 18.4 Å². The summed E-state index contributed by atoms with van der Waals surface area (Å²) in [5.74, 6) is -0.899. The Hall–Kier alpha value is -1.10. The Kier molecular flexibility index (Phi) is 4.58. The molecule has 0 radical (unpaired) electrons. The van der Waals surface area contributed by atoms with E-state index in [1.807, 2.05) is 24.3 Å². The lowest BCUT2D eigenvalue weighted by Gasteiger charge is -2.12. The zero-order valence-electron chi connectivity index (χ0n) is 9.84. The molecule has 0 saturated carbocycles. The van der Waals surface area contributed by atoms with E-state index in [9.17, 15) is 4.79 Å². The molecule has 1 N–H and O–H groups in total. The monoisotopic (exact) mass is 270 g/mol. The second-order valence-corrected chi connectivity index (χ2v) is 4.68. The number of ether oxygens (including phenoxy) is 2. The van der Waals surface area contributed by atoms with Gasteiger partial charge in [0.2, 0.25) is 0 Å². The molecule has 98 valence electrons. The number of halogens is 1. The molecule has 4 nitrogen and oxygen atoms in total. The number of hydrogen-bond acceptors (Lipinski definition) is 3. The molecule has 1 saturated heterocycles. The molecule has 1 fully saturated rings. The molecule has 1 aromatic carbocycles. The van der Waals surface area contributed by atoms with Crippen molar-refractivity contribution in [3.8, 4) is 0 Å². The third kappa shape index (κ3) is 3.45. The molecule has 1 aliphatic rings. The quantitative estimate of drug-likeness (QED) is 0.893. The average Bonchev–Trinajstić information content (AvgIpc) is 2.80. The third-order valence-electron chi connectivity index (χ3n) is 2.90. The summed E-state index contributed by atoms with van der Waals surface area (Å²) in [6, 6.07) is 7.48. The van der Waals surface area contributed by atoms with E-state index in [0.29, 0.717) is 24.7 Å². The van der Waals surface area contributed by atoms with Crippen LogP contribution < -0.4 is 0 Å². The summed E-state index contributed by atoms with van der Waals surface area (Å²) in [5, 5.41) is 9.46. The Labute approximate surface area is 110 Å². The Morgan fingerprint density at radius 3 is 2.89 bits per heavy atom. The standard InChI is InChI=1S/C13H15ClO4/c14-11-4-2-1-3-9(11)7-17-8-10-5-6-12(18-10)13(15)16/h1-4,10,12H,5-8H2,(H,15,16). The SMILES string of the molecule is O=C(O)C1CCC(COCc2ccccc2Cl)O1. The van der Waals surface area contributed by atoms with Crippen molar-refractivity contribution in [3.63, 3.8) is 0 Å². The molecule has 2 rings (SSSR count). The predicted octanol–water partition coefficient (Wildman–Crippen LogP) is 2.49. The van der Waals surface area contributed by atoms with E-state index >= 15 is 0 Å². The molecule has 2 unspecified atom stereocenters. The minimum absolute atomic E-state index is 0.131. The van der Waals surface area contributed by atoms with Crippen molar-refractivity contribution in [1.29, 1.82) is 0 Å². The highest BCUT2D eigenvalue weighted by molar-refractivity contribution is 6.31. The van der Waals surface area contributed by atoms with Gasteiger partial charge in [-0.15, -0.1) is 0 Å². The van der Waals surface area contributed by atoms with E-state index in [4.69, 9.17) is 26.2 Å². The lowest BCUT2D eigenvalue weighted by atomic mass is 10.2. The van der Waals surface area contributed by atoms with Gasteiger partial charge in [0.1, 0.15) is 0 Å². The van der Waals surface area contributed by atoms with Crippen LogP contribution in [0.2, 0.25) is 5.02 Å². The maximum atomic E-state index is 10.7. The normalized spacial score (nSPS) is 23.2. The zero-order valence-corrected chi connectivity index (χ0v) is 10.6. The lowest BCUT2D eigenvalue weighted by Crippen LogP contribution is -2.22. The van der Waals surface area contributed by atoms with Gasteiger partial charge >= 0.3 is 5.97 Å². The topological polar surface area (TPSA) is 55.8 Å². The second-order valence-electron chi connectivity index (χ2n) is 4.27. The van der Waals surface area contributed by atoms with Crippen molar-refractivity contribution < 1.29 is 19.4 Å². The first-order valence-electron chi connectivity index (χ1n) is 5.86. The van der Waals surface area contributed by atoms with Crippen LogP contribution >= 0.6 is 11.6 Å². The number of rotatable bonds is 5. The summed E-state index contributed by atoms with van der Waals surface area (Å²) >= 11 is 6.00. The van der Waals surface area contributed by atoms with Crippen molar-refractivity contribution in [2.45, 2.75) is 31.7 Å². The van der Waals surface area contributed by atoms with Crippen LogP contribution in [0.5, 0.6) is 0 Å². The fourth-order valence-electron chi connectivity index (χ4n) is 1.93. The van der Waals surface area contributed by atoms with Gasteiger partial charge in [-0.25, -0.2) is 4.79 Å². The molecular weight excluding hydrogens is 256 g/mol. The van der Waals surface area contributed by atoms with Crippen molar-refractivity contribution in [1.82, 2.24) is 0 Å². The summed E-state index contributed by atoms with van der Waals surface area (Å²) in [7, 11) is 0. The molecule has 0 spiro atoms. The van der Waals surface area contributed by atoms with Crippen LogP contribution in [-0.2, 0) is 20.9 Å². The highest BCUT2D eigenvalue weighted by atomic mass is 35.5. The van der Waals surface area contributed by atoms with Gasteiger partial charge in [0, 0.05) is 5.02 Å². The fourth-order valence-corrected chi connectivity index (χ4v) is 2.12. The first-order valence-corrected chi connectivity index (χ1v) is 6.24. The van der Waals surface area contributed by atoms with Gasteiger partial charge in [0.15, 0.2) is 6.10 Å². The maximum Gasteiger partial charge on any atom is 0.332 e. The number of carboxylic acids is 1. The number of benzene rings is 1. The Balaban J connectivity index is 1.74. The van der Waals surface area contributed by atoms with Gasteiger partial charge in [0.05, 0.1) is 19.3 Å². The highest BCUT2D eigenvalue weighted by Crippen LogP contribution is 2.21. The molecule has 18 heavy (non-hydrogen) atoms. The van der Waals surface area contributed by atoms with E-state index in [0.717, 1.165) is 12.0 Å². The molecular formula is C13H15ClO4. The van der Waals surface area contributed by atoms with E-state index in [1.165, 1.54) is 0 Å². The molecule has 5 heteroatoms. The molecule has 2 atom stereocenters. The first-order chi connectivity index (χ1) is 8.66. The molecule has 1 aliphatic heterocycles. The molecule has 0 aliphatic carbocycles. The van der Waals surface area contributed by atoms with Gasteiger partial charge in [-0.05, 0) is 24.5 Å². The van der Waals surface area contributed by atoms with E-state index in [-0.39, 0.29) is 6.10 Å². The second kappa shape index (κ2) is 6.18. The van der Waals surface area contributed by atoms with Gasteiger partial charge < -0.3 is 14.6 Å². The van der Waals surface area contributed by atoms with Crippen molar-refractivity contribution in [3.05, 3.63) is 34.9 Å². The minimum atomic E-state index is -0.899. The van der Waals surface area contributed by atoms with Crippen LogP contribution in [0.15, 0.2) is 24.3 Å². The van der Waals surface area contributed by atoms with E-state index in [2.05, 4.69) is 0 Å². The summed E-state index contributed by atoms with van der Waals surface area (Å²) in [4.78, 5) is 10.7. The number of aliphatic carboxylic acids is 1. The third-order valence-corrected chi connectivity index (χ3v) is 3.27. The number of hydrogen-bond donors (Lipinski definition) is 1. The predicted molar refractivity (Wildman–Crippen MR) is 66.6 cm³/mol. The Bertz CT molecular complexity index is 421. The van der Waals surface area contributed by atoms with Crippen molar-refractivity contribution in [2.24, 2.45) is 0 Å². The van der Waals surface area contributed by atoms with E-state index < -0.39 is 12.1 Å². The van der Waals surface area contributed by atoms with Gasteiger partial charge in [0.25, 0.3) is 0 Å². The minimum Gasteiger partial charge on any atom is -0.479 e. The van der Waals surface area contributed by atoms with Gasteiger partial charge in [-0.2, -0.15) is 0 Å². The summed E-state index contributed by atoms with van der Waals surface area (Å²) in [5.41, 5.74) is 0.923. The lowest BCUT2D eigenvalue weighted by molar-refractivity contribution is -0.150. The molecule has 0 amide bonds. The largest absolute Gasteiger partial charge is 0.479 e. The Morgan fingerprint density at radius 2 is 2.22 bits per heavy atom. The van der Waals surface area contributed by atoms with Gasteiger partial charge in [-0.3, -0.25) is 0 Å². The van der Waals surface area contributed by atoms with Crippen LogP contribution in [0.3, 0.4) is 0 Å². The number of carboxylic acid groups (broad SMARTS) is 1. The molecule has 1 aromatic rings. The van der Waals surface area contributed by atoms with Crippen LogP contribution in [0, 0.1) is 0 Å². The molecule has 1 heterocycles. The van der Waals surface area contributed by atoms with Crippen LogP contribution in [0.4, 0.5) is 0 Å². The fraction of sp³-hybridized carbons (Fsp3) is 0.462. The van der Waals surface area contributed by atoms with Crippen molar-refractivity contribution >= 4 is 17.6 Å². The van der Waals surface area contributed by atoms with Crippen LogP contribution in [-0.4, -0.2) is 29.9 Å². The number of carbonyl (C=O) groups is 1. The smallest absolute Gasteiger partial charge is 0.332 e. The molecule has 0 aromatic heterocycles. The van der Waals surface area contributed by atoms with Crippen molar-refractivity contribution in [2.75, 3.05) is 6.61 Å². The first kappa shape index (κ1) is 13.3. The van der Waals surface area contributed by atoms with Gasteiger partial charge in [-0.1, -0.05) is 29.8 Å². The zero-order chi connectivity index (χ0) is 13.0. The average molecular weight is 271 g/mol. The molecule has 0 bridgehead atoms. The maximum absolute atomic E-state index is 10.7. The summed E-state index contributed by atoms with van der Waals surface area (Å²) in [6.07, 6.45) is 0.460. The van der Waals surface area contributed by atoms with E-state index in [1.54, 1.807) is 0 Å². The highest BCUT2D eigenvalue weighted by Gasteiger charge is 2.30.